The van der Waals surface area contributed by atoms with Gasteiger partial charge in [0.15, 0.2) is 11.5 Å². The van der Waals surface area contributed by atoms with Crippen LogP contribution in [-0.4, -0.2) is 83.7 Å². The number of esters is 1. The number of aromatic nitrogens is 1. The Bertz CT molecular complexity index is 966. The third-order valence-corrected chi connectivity index (χ3v) is 7.66. The van der Waals surface area contributed by atoms with Crippen molar-refractivity contribution >= 4 is 34.7 Å². The van der Waals surface area contributed by atoms with Crippen LogP contribution in [0, 0.1) is 0 Å². The number of thioether (sulfide) groups is 1. The standard InChI is InChI=1S/C22H28N4O4S/c1-29-22(28)15-2-3-19-17(10-15)24-20(30-19)14-4-6-25(7-5-14)16-11-18(23-12-16)21(27)26-8-9-31-13-26/h2-3,10,14,16,18,23H,4-9,11-13H2,1H3/t16-,18-/m0/s1. The lowest BCUT2D eigenvalue weighted by molar-refractivity contribution is -0.131. The monoisotopic (exact) mass is 444 g/mol. The highest BCUT2D eigenvalue weighted by molar-refractivity contribution is 7.99. The molecule has 1 aromatic carbocycles. The fourth-order valence-corrected chi connectivity index (χ4v) is 5.82. The van der Waals surface area contributed by atoms with E-state index < -0.39 is 0 Å². The number of piperidine rings is 1. The summed E-state index contributed by atoms with van der Waals surface area (Å²) in [6, 6.07) is 5.59. The van der Waals surface area contributed by atoms with Crippen molar-refractivity contribution in [1.29, 1.82) is 0 Å². The predicted octanol–water partition coefficient (Wildman–Crippen LogP) is 2.06. The van der Waals surface area contributed by atoms with E-state index >= 15 is 0 Å². The summed E-state index contributed by atoms with van der Waals surface area (Å²) in [5, 5.41) is 3.45. The first-order chi connectivity index (χ1) is 15.1. The molecule has 31 heavy (non-hydrogen) atoms. The molecule has 2 aromatic rings. The number of oxazole rings is 1. The van der Waals surface area contributed by atoms with Crippen molar-refractivity contribution in [3.63, 3.8) is 0 Å². The quantitative estimate of drug-likeness (QED) is 0.717. The van der Waals surface area contributed by atoms with E-state index in [1.54, 1.807) is 18.2 Å². The minimum atomic E-state index is -0.370. The lowest BCUT2D eigenvalue weighted by atomic mass is 9.95. The van der Waals surface area contributed by atoms with E-state index in [1.807, 2.05) is 16.7 Å². The summed E-state index contributed by atoms with van der Waals surface area (Å²) in [5.74, 6) is 2.80. The van der Waals surface area contributed by atoms with Gasteiger partial charge in [0.05, 0.1) is 24.6 Å². The number of hydrogen-bond acceptors (Lipinski definition) is 8. The Morgan fingerprint density at radius 2 is 2.10 bits per heavy atom. The van der Waals surface area contributed by atoms with Crippen LogP contribution in [0.3, 0.4) is 0 Å². The molecule has 0 unspecified atom stereocenters. The molecule has 3 fully saturated rings. The number of rotatable bonds is 4. The normalized spacial score (nSPS) is 25.4. The lowest BCUT2D eigenvalue weighted by Crippen LogP contribution is -2.42. The number of methoxy groups -OCH3 is 1. The van der Waals surface area contributed by atoms with Gasteiger partial charge in [-0.15, -0.1) is 11.8 Å². The van der Waals surface area contributed by atoms with Crippen LogP contribution in [0.4, 0.5) is 0 Å². The highest BCUT2D eigenvalue weighted by atomic mass is 32.2. The van der Waals surface area contributed by atoms with Gasteiger partial charge in [-0.25, -0.2) is 9.78 Å². The number of benzene rings is 1. The number of amides is 1. The summed E-state index contributed by atoms with van der Waals surface area (Å²) in [7, 11) is 1.37. The third kappa shape index (κ3) is 4.18. The second kappa shape index (κ2) is 8.80. The first-order valence-electron chi connectivity index (χ1n) is 10.9. The minimum Gasteiger partial charge on any atom is -0.465 e. The fourth-order valence-electron chi connectivity index (χ4n) is 4.87. The molecule has 1 aromatic heterocycles. The summed E-state index contributed by atoms with van der Waals surface area (Å²) < 4.78 is 10.8. The zero-order valence-electron chi connectivity index (χ0n) is 17.7. The smallest absolute Gasteiger partial charge is 0.337 e. The Morgan fingerprint density at radius 3 is 2.84 bits per heavy atom. The first-order valence-corrected chi connectivity index (χ1v) is 12.1. The predicted molar refractivity (Wildman–Crippen MR) is 118 cm³/mol. The summed E-state index contributed by atoms with van der Waals surface area (Å²) in [5.41, 5.74) is 1.88. The molecule has 8 nitrogen and oxygen atoms in total. The highest BCUT2D eigenvalue weighted by Crippen LogP contribution is 2.32. The number of fused-ring (bicyclic) bond motifs is 1. The molecule has 0 bridgehead atoms. The zero-order valence-corrected chi connectivity index (χ0v) is 18.5. The van der Waals surface area contributed by atoms with Gasteiger partial charge in [-0.1, -0.05) is 0 Å². The van der Waals surface area contributed by atoms with Gasteiger partial charge in [0.1, 0.15) is 5.52 Å². The average molecular weight is 445 g/mol. The molecule has 5 rings (SSSR count). The zero-order chi connectivity index (χ0) is 21.4. The van der Waals surface area contributed by atoms with E-state index in [-0.39, 0.29) is 23.8 Å². The largest absolute Gasteiger partial charge is 0.465 e. The molecule has 0 radical (unpaired) electrons. The fraction of sp³-hybridized carbons (Fsp3) is 0.591. The number of likely N-dealkylation sites (tertiary alicyclic amines) is 1. The van der Waals surface area contributed by atoms with Crippen LogP contribution in [0.5, 0.6) is 0 Å². The maximum atomic E-state index is 12.7. The van der Waals surface area contributed by atoms with Gasteiger partial charge in [-0.3, -0.25) is 9.69 Å². The molecule has 0 spiro atoms. The van der Waals surface area contributed by atoms with Gasteiger partial charge in [0.25, 0.3) is 0 Å². The Kier molecular flexibility index (Phi) is 5.90. The van der Waals surface area contributed by atoms with Crippen LogP contribution < -0.4 is 5.32 Å². The Balaban J connectivity index is 1.18. The molecule has 2 atom stereocenters. The summed E-state index contributed by atoms with van der Waals surface area (Å²) >= 11 is 1.83. The molecule has 166 valence electrons. The third-order valence-electron chi connectivity index (χ3n) is 6.69. The SMILES string of the molecule is COC(=O)c1ccc2oc(C3CCN([C@@H]4CN[C@H](C(=O)N5CCSC5)C4)CC3)nc2c1. The van der Waals surface area contributed by atoms with Crippen LogP contribution in [-0.2, 0) is 9.53 Å². The number of hydrogen-bond donors (Lipinski definition) is 1. The molecule has 1 N–H and O–H groups in total. The van der Waals surface area contributed by atoms with Crippen LogP contribution in [0.15, 0.2) is 22.6 Å². The van der Waals surface area contributed by atoms with Crippen molar-refractivity contribution in [1.82, 2.24) is 20.1 Å². The van der Waals surface area contributed by atoms with E-state index in [0.717, 1.165) is 63.0 Å². The second-order valence-corrected chi connectivity index (χ2v) is 9.60. The van der Waals surface area contributed by atoms with Crippen molar-refractivity contribution in [3.05, 3.63) is 29.7 Å². The van der Waals surface area contributed by atoms with E-state index in [9.17, 15) is 9.59 Å². The Hall–Kier alpha value is -2.10. The summed E-state index contributed by atoms with van der Waals surface area (Å²) in [6.45, 7) is 3.71. The average Bonchev–Trinajstić information content (AvgIpc) is 3.58. The van der Waals surface area contributed by atoms with Gasteiger partial charge in [0, 0.05) is 30.8 Å². The molecule has 3 aliphatic heterocycles. The minimum absolute atomic E-state index is 0.0394. The molecule has 1 amide bonds. The number of carbonyl (C=O) groups excluding carboxylic acids is 2. The van der Waals surface area contributed by atoms with Gasteiger partial charge < -0.3 is 19.4 Å². The highest BCUT2D eigenvalue weighted by Gasteiger charge is 2.37. The topological polar surface area (TPSA) is 87.9 Å². The number of ether oxygens (including phenoxy) is 1. The number of nitrogens with zero attached hydrogens (tertiary/aromatic N) is 3. The molecule has 3 aliphatic rings. The number of nitrogens with one attached hydrogen (secondary N) is 1. The van der Waals surface area contributed by atoms with Crippen molar-refractivity contribution in [2.24, 2.45) is 0 Å². The summed E-state index contributed by atoms with van der Waals surface area (Å²) in [6.07, 6.45) is 2.85. The van der Waals surface area contributed by atoms with E-state index in [4.69, 9.17) is 9.15 Å². The van der Waals surface area contributed by atoms with E-state index in [0.29, 0.717) is 22.7 Å². The van der Waals surface area contributed by atoms with Crippen molar-refractivity contribution in [3.8, 4) is 0 Å². The Labute approximate surface area is 185 Å². The van der Waals surface area contributed by atoms with Gasteiger partial charge in [0.2, 0.25) is 5.91 Å². The van der Waals surface area contributed by atoms with Crippen LogP contribution >= 0.6 is 11.8 Å². The van der Waals surface area contributed by atoms with Gasteiger partial charge in [-0.05, 0) is 50.6 Å². The molecule has 3 saturated heterocycles. The van der Waals surface area contributed by atoms with E-state index in [2.05, 4.69) is 15.2 Å². The van der Waals surface area contributed by atoms with Crippen LogP contribution in [0.25, 0.3) is 11.1 Å². The molecular weight excluding hydrogens is 416 g/mol. The summed E-state index contributed by atoms with van der Waals surface area (Å²) in [4.78, 5) is 33.6. The first kappa shape index (κ1) is 20.8. The van der Waals surface area contributed by atoms with Gasteiger partial charge >= 0.3 is 5.97 Å². The molecular formula is C22H28N4O4S. The lowest BCUT2D eigenvalue weighted by Gasteiger charge is -2.34. The molecule has 0 aliphatic carbocycles. The number of carbonyl (C=O) groups is 2. The van der Waals surface area contributed by atoms with Crippen LogP contribution in [0.2, 0.25) is 0 Å². The van der Waals surface area contributed by atoms with Crippen molar-refractivity contribution in [2.45, 2.75) is 37.3 Å². The Morgan fingerprint density at radius 1 is 1.26 bits per heavy atom. The maximum absolute atomic E-state index is 12.7. The molecule has 4 heterocycles. The van der Waals surface area contributed by atoms with Crippen LogP contribution in [0.1, 0.15) is 41.4 Å². The van der Waals surface area contributed by atoms with E-state index in [1.165, 1.54) is 7.11 Å². The van der Waals surface area contributed by atoms with Crippen molar-refractivity contribution < 1.29 is 18.7 Å². The second-order valence-electron chi connectivity index (χ2n) is 8.53. The van der Waals surface area contributed by atoms with Gasteiger partial charge in [-0.2, -0.15) is 0 Å². The van der Waals surface area contributed by atoms with Crippen molar-refractivity contribution in [2.75, 3.05) is 44.9 Å². The maximum Gasteiger partial charge on any atom is 0.337 e. The molecule has 0 saturated carbocycles. The molecule has 9 heteroatoms.